The van der Waals surface area contributed by atoms with Gasteiger partial charge < -0.3 is 14.2 Å². The van der Waals surface area contributed by atoms with Crippen LogP contribution in [-0.4, -0.2) is 41.8 Å². The highest BCUT2D eigenvalue weighted by Gasteiger charge is 2.23. The Morgan fingerprint density at radius 1 is 1.47 bits per heavy atom. The van der Waals surface area contributed by atoms with E-state index in [1.807, 2.05) is 19.2 Å². The van der Waals surface area contributed by atoms with Gasteiger partial charge >= 0.3 is 0 Å². The fourth-order valence-electron chi connectivity index (χ4n) is 2.52. The first-order valence-electron chi connectivity index (χ1n) is 6.58. The summed E-state index contributed by atoms with van der Waals surface area (Å²) in [6.07, 6.45) is 2.82. The smallest absolute Gasteiger partial charge is 0.283 e. The maximum Gasteiger partial charge on any atom is 0.283 e. The molecule has 1 fully saturated rings. The molecular formula is C13H18N4O2. The molecule has 0 spiro atoms. The Kier molecular flexibility index (Phi) is 3.61. The first-order valence-corrected chi connectivity index (χ1v) is 6.58. The minimum atomic E-state index is 0.450. The van der Waals surface area contributed by atoms with Gasteiger partial charge in [-0.25, -0.2) is 0 Å². The van der Waals surface area contributed by atoms with Crippen molar-refractivity contribution in [3.05, 3.63) is 24.3 Å². The van der Waals surface area contributed by atoms with E-state index in [4.69, 9.17) is 8.83 Å². The predicted octanol–water partition coefficient (Wildman–Crippen LogP) is 1.37. The van der Waals surface area contributed by atoms with E-state index < -0.39 is 0 Å². The molecule has 0 bridgehead atoms. The average Bonchev–Trinajstić information content (AvgIpc) is 3.10. The number of likely N-dealkylation sites (tertiary alicyclic amines) is 1. The zero-order chi connectivity index (χ0) is 13.1. The van der Waals surface area contributed by atoms with Crippen LogP contribution in [0.2, 0.25) is 0 Å². The summed E-state index contributed by atoms with van der Waals surface area (Å²) in [4.78, 5) is 2.35. The molecular weight excluding hydrogens is 244 g/mol. The molecule has 6 heteroatoms. The number of rotatable bonds is 5. The van der Waals surface area contributed by atoms with Gasteiger partial charge in [0.2, 0.25) is 5.89 Å². The van der Waals surface area contributed by atoms with Crippen LogP contribution in [0.5, 0.6) is 0 Å². The topological polar surface area (TPSA) is 67.3 Å². The van der Waals surface area contributed by atoms with Gasteiger partial charge in [-0.3, -0.25) is 4.90 Å². The van der Waals surface area contributed by atoms with Crippen LogP contribution in [-0.2, 0) is 6.54 Å². The van der Waals surface area contributed by atoms with E-state index in [2.05, 4.69) is 20.4 Å². The molecule has 1 aliphatic rings. The van der Waals surface area contributed by atoms with E-state index in [1.165, 1.54) is 6.42 Å². The van der Waals surface area contributed by atoms with Gasteiger partial charge in [0.05, 0.1) is 12.8 Å². The van der Waals surface area contributed by atoms with Gasteiger partial charge in [0, 0.05) is 6.54 Å². The molecule has 3 rings (SSSR count). The summed E-state index contributed by atoms with van der Waals surface area (Å²) in [5.74, 6) is 2.44. The molecule has 1 saturated heterocycles. The van der Waals surface area contributed by atoms with E-state index in [0.29, 0.717) is 24.1 Å². The number of furan rings is 1. The molecule has 0 amide bonds. The Bertz CT molecular complexity index is 508. The second kappa shape index (κ2) is 5.54. The van der Waals surface area contributed by atoms with E-state index >= 15 is 0 Å². The lowest BCUT2D eigenvalue weighted by molar-refractivity contribution is 0.280. The lowest BCUT2D eigenvalue weighted by Gasteiger charge is -2.13. The highest BCUT2D eigenvalue weighted by molar-refractivity contribution is 5.42. The number of nitrogens with one attached hydrogen (secondary N) is 1. The normalized spacial score (nSPS) is 20.2. The Morgan fingerprint density at radius 2 is 2.42 bits per heavy atom. The lowest BCUT2D eigenvalue weighted by Crippen LogP contribution is -2.24. The number of hydrogen-bond acceptors (Lipinski definition) is 6. The number of aromatic nitrogens is 2. The predicted molar refractivity (Wildman–Crippen MR) is 69.3 cm³/mol. The molecule has 1 aliphatic heterocycles. The summed E-state index contributed by atoms with van der Waals surface area (Å²) < 4.78 is 10.8. The third-order valence-electron chi connectivity index (χ3n) is 3.42. The van der Waals surface area contributed by atoms with Gasteiger partial charge in [-0.2, -0.15) is 0 Å². The molecule has 2 aromatic rings. The molecule has 1 atom stereocenters. The summed E-state index contributed by atoms with van der Waals surface area (Å²) in [5, 5.41) is 11.3. The second-order valence-electron chi connectivity index (χ2n) is 4.93. The fraction of sp³-hybridized carbons (Fsp3) is 0.538. The minimum absolute atomic E-state index is 0.450. The molecule has 19 heavy (non-hydrogen) atoms. The van der Waals surface area contributed by atoms with Gasteiger partial charge in [0.25, 0.3) is 5.89 Å². The molecule has 1 unspecified atom stereocenters. The number of nitrogens with zero attached hydrogens (tertiary/aromatic N) is 3. The zero-order valence-corrected chi connectivity index (χ0v) is 11.0. The van der Waals surface area contributed by atoms with Crippen LogP contribution in [0.25, 0.3) is 11.7 Å². The van der Waals surface area contributed by atoms with E-state index in [0.717, 1.165) is 25.6 Å². The minimum Gasteiger partial charge on any atom is -0.459 e. The van der Waals surface area contributed by atoms with E-state index in [1.54, 1.807) is 6.26 Å². The van der Waals surface area contributed by atoms with Crippen molar-refractivity contribution in [1.82, 2.24) is 20.4 Å². The van der Waals surface area contributed by atoms with Crippen LogP contribution in [0.1, 0.15) is 12.3 Å². The van der Waals surface area contributed by atoms with E-state index in [-0.39, 0.29) is 0 Å². The standard InChI is InChI=1S/C13H18N4O2/c1-14-7-10-4-5-17(8-10)9-12-15-16-13(19-12)11-3-2-6-18-11/h2-3,6,10,14H,4-5,7-9H2,1H3. The molecule has 0 saturated carbocycles. The first kappa shape index (κ1) is 12.4. The molecule has 3 heterocycles. The van der Waals surface area contributed by atoms with Gasteiger partial charge in [-0.05, 0) is 44.6 Å². The summed E-state index contributed by atoms with van der Waals surface area (Å²) in [7, 11) is 2.00. The summed E-state index contributed by atoms with van der Waals surface area (Å²) in [6.45, 7) is 3.95. The highest BCUT2D eigenvalue weighted by atomic mass is 16.4. The molecule has 6 nitrogen and oxygen atoms in total. The second-order valence-corrected chi connectivity index (χ2v) is 4.93. The molecule has 2 aromatic heterocycles. The van der Waals surface area contributed by atoms with E-state index in [9.17, 15) is 0 Å². The Morgan fingerprint density at radius 3 is 3.21 bits per heavy atom. The highest BCUT2D eigenvalue weighted by Crippen LogP contribution is 2.21. The van der Waals surface area contributed by atoms with Gasteiger partial charge in [-0.15, -0.1) is 10.2 Å². The third-order valence-corrected chi connectivity index (χ3v) is 3.42. The van der Waals surface area contributed by atoms with Crippen LogP contribution in [0, 0.1) is 5.92 Å². The molecule has 102 valence electrons. The Balaban J connectivity index is 1.59. The lowest BCUT2D eigenvalue weighted by atomic mass is 10.1. The first-order chi connectivity index (χ1) is 9.35. The maximum atomic E-state index is 5.61. The van der Waals surface area contributed by atoms with Crippen molar-refractivity contribution in [2.24, 2.45) is 5.92 Å². The molecule has 0 aliphatic carbocycles. The van der Waals surface area contributed by atoms with Crippen LogP contribution in [0.15, 0.2) is 27.2 Å². The Hall–Kier alpha value is -1.66. The van der Waals surface area contributed by atoms with Crippen molar-refractivity contribution < 1.29 is 8.83 Å². The average molecular weight is 262 g/mol. The van der Waals surface area contributed by atoms with Gasteiger partial charge in [0.1, 0.15) is 0 Å². The maximum absolute atomic E-state index is 5.61. The van der Waals surface area contributed by atoms with Gasteiger partial charge in [-0.1, -0.05) is 0 Å². The summed E-state index contributed by atoms with van der Waals surface area (Å²) >= 11 is 0. The SMILES string of the molecule is CNCC1CCN(Cc2nnc(-c3ccco3)o2)C1. The van der Waals surface area contributed by atoms with Crippen molar-refractivity contribution in [3.63, 3.8) is 0 Å². The molecule has 0 radical (unpaired) electrons. The van der Waals surface area contributed by atoms with Crippen LogP contribution < -0.4 is 5.32 Å². The fourth-order valence-corrected chi connectivity index (χ4v) is 2.52. The largest absolute Gasteiger partial charge is 0.459 e. The van der Waals surface area contributed by atoms with Crippen LogP contribution in [0.3, 0.4) is 0 Å². The Labute approximate surface area is 111 Å². The summed E-state index contributed by atoms with van der Waals surface area (Å²) in [5.41, 5.74) is 0. The van der Waals surface area contributed by atoms with Crippen molar-refractivity contribution in [2.75, 3.05) is 26.7 Å². The quantitative estimate of drug-likeness (QED) is 0.877. The number of hydrogen-bond donors (Lipinski definition) is 1. The molecule has 0 aromatic carbocycles. The molecule has 1 N–H and O–H groups in total. The zero-order valence-electron chi connectivity index (χ0n) is 11.0. The van der Waals surface area contributed by atoms with Crippen molar-refractivity contribution >= 4 is 0 Å². The van der Waals surface area contributed by atoms with Crippen molar-refractivity contribution in [3.8, 4) is 11.7 Å². The third kappa shape index (κ3) is 2.85. The van der Waals surface area contributed by atoms with Gasteiger partial charge in [0.15, 0.2) is 5.76 Å². The van der Waals surface area contributed by atoms with Crippen molar-refractivity contribution in [1.29, 1.82) is 0 Å². The summed E-state index contributed by atoms with van der Waals surface area (Å²) in [6, 6.07) is 3.62. The monoisotopic (exact) mass is 262 g/mol. The van der Waals surface area contributed by atoms with Crippen LogP contribution in [0.4, 0.5) is 0 Å². The van der Waals surface area contributed by atoms with Crippen molar-refractivity contribution in [2.45, 2.75) is 13.0 Å². The van der Waals surface area contributed by atoms with Crippen LogP contribution >= 0.6 is 0 Å².